The van der Waals surface area contributed by atoms with Crippen molar-refractivity contribution < 1.29 is 14.0 Å². The molecule has 1 unspecified atom stereocenters. The molecule has 1 aliphatic rings. The van der Waals surface area contributed by atoms with Crippen LogP contribution in [0, 0.1) is 0 Å². The first-order valence-electron chi connectivity index (χ1n) is 9.92. The highest BCUT2D eigenvalue weighted by molar-refractivity contribution is 6.74. The third kappa shape index (κ3) is 7.20. The summed E-state index contributed by atoms with van der Waals surface area (Å²) in [5.74, 6) is 0. The Balaban J connectivity index is 2.59. The molecule has 154 valence electrons. The molecule has 1 amide bonds. The first-order valence-corrected chi connectivity index (χ1v) is 12.8. The molecule has 26 heavy (non-hydrogen) atoms. The summed E-state index contributed by atoms with van der Waals surface area (Å²) in [7, 11) is -1.72. The number of rotatable bonds is 5. The van der Waals surface area contributed by atoms with Crippen LogP contribution in [0.15, 0.2) is 0 Å². The van der Waals surface area contributed by atoms with Gasteiger partial charge in [-0.05, 0) is 65.6 Å². The molecule has 1 saturated heterocycles. The molecule has 1 heterocycles. The zero-order chi connectivity index (χ0) is 20.4. The van der Waals surface area contributed by atoms with Crippen LogP contribution in [0.4, 0.5) is 4.79 Å². The molecule has 1 N–H and O–H groups in total. The Morgan fingerprint density at radius 2 is 1.77 bits per heavy atom. The van der Waals surface area contributed by atoms with Gasteiger partial charge in [0.25, 0.3) is 0 Å². The van der Waals surface area contributed by atoms with Gasteiger partial charge in [-0.25, -0.2) is 4.79 Å². The third-order valence-electron chi connectivity index (χ3n) is 5.75. The predicted molar refractivity (Wildman–Crippen MR) is 111 cm³/mol. The average molecular weight is 387 g/mol. The molecule has 1 fully saturated rings. The van der Waals surface area contributed by atoms with Gasteiger partial charge in [-0.15, -0.1) is 0 Å². The van der Waals surface area contributed by atoms with Gasteiger partial charge in [-0.2, -0.15) is 0 Å². The van der Waals surface area contributed by atoms with Crippen LogP contribution in [0.25, 0.3) is 0 Å². The Bertz CT molecular complexity index is 478. The van der Waals surface area contributed by atoms with Crippen molar-refractivity contribution >= 4 is 14.4 Å². The number of carbonyl (C=O) groups is 1. The van der Waals surface area contributed by atoms with Crippen LogP contribution >= 0.6 is 0 Å². The number of carbonyl (C=O) groups excluding carboxylic acids is 1. The van der Waals surface area contributed by atoms with Crippen molar-refractivity contribution in [3.63, 3.8) is 0 Å². The fourth-order valence-corrected chi connectivity index (χ4v) is 3.94. The summed E-state index contributed by atoms with van der Waals surface area (Å²) in [5, 5.41) is 3.27. The maximum Gasteiger partial charge on any atom is 0.407 e. The van der Waals surface area contributed by atoms with Crippen LogP contribution in [0.3, 0.4) is 0 Å². The Hall–Kier alpha value is -0.593. The number of likely N-dealkylation sites (tertiary alicyclic amines) is 1. The molecule has 0 radical (unpaired) electrons. The fraction of sp³-hybridized carbons (Fsp3) is 0.950. The zero-order valence-corrected chi connectivity index (χ0v) is 19.8. The summed E-state index contributed by atoms with van der Waals surface area (Å²) < 4.78 is 11.8. The molecule has 1 atom stereocenters. The number of hydrogen-bond donors (Lipinski definition) is 1. The fourth-order valence-electron chi connectivity index (χ4n) is 2.90. The second-order valence-corrected chi connectivity index (χ2v) is 15.6. The van der Waals surface area contributed by atoms with Crippen LogP contribution in [-0.4, -0.2) is 56.2 Å². The molecule has 0 saturated carbocycles. The molecule has 0 bridgehead atoms. The Labute approximate surface area is 162 Å². The van der Waals surface area contributed by atoms with Crippen LogP contribution in [0.5, 0.6) is 0 Å². The van der Waals surface area contributed by atoms with Crippen molar-refractivity contribution in [1.82, 2.24) is 10.2 Å². The molecule has 1 rings (SSSR count). The van der Waals surface area contributed by atoms with Gasteiger partial charge >= 0.3 is 6.09 Å². The molecule has 0 aliphatic carbocycles. The predicted octanol–water partition coefficient (Wildman–Crippen LogP) is 4.78. The monoisotopic (exact) mass is 386 g/mol. The normalized spacial score (nSPS) is 22.2. The van der Waals surface area contributed by atoms with Gasteiger partial charge in [-0.1, -0.05) is 20.8 Å². The molecule has 0 spiro atoms. The lowest BCUT2D eigenvalue weighted by atomic mass is 9.88. The molecular weight excluding hydrogens is 344 g/mol. The lowest BCUT2D eigenvalue weighted by Gasteiger charge is -2.46. The van der Waals surface area contributed by atoms with Gasteiger partial charge in [0.2, 0.25) is 0 Å². The van der Waals surface area contributed by atoms with E-state index >= 15 is 0 Å². The van der Waals surface area contributed by atoms with E-state index in [2.05, 4.69) is 57.9 Å². The van der Waals surface area contributed by atoms with Crippen molar-refractivity contribution in [2.24, 2.45) is 0 Å². The molecule has 0 aromatic carbocycles. The van der Waals surface area contributed by atoms with Crippen LogP contribution in [0.1, 0.15) is 68.2 Å². The van der Waals surface area contributed by atoms with Crippen molar-refractivity contribution in [3.05, 3.63) is 0 Å². The summed E-state index contributed by atoms with van der Waals surface area (Å²) >= 11 is 0. The Morgan fingerprint density at radius 3 is 2.27 bits per heavy atom. The number of nitrogens with zero attached hydrogens (tertiary/aromatic N) is 1. The highest BCUT2D eigenvalue weighted by Crippen LogP contribution is 2.36. The van der Waals surface area contributed by atoms with Gasteiger partial charge < -0.3 is 14.5 Å². The van der Waals surface area contributed by atoms with E-state index in [0.29, 0.717) is 0 Å². The summed E-state index contributed by atoms with van der Waals surface area (Å²) in [5.41, 5.74) is -0.336. The van der Waals surface area contributed by atoms with E-state index in [1.807, 2.05) is 20.8 Å². The number of ether oxygens (including phenoxy) is 1. The van der Waals surface area contributed by atoms with Gasteiger partial charge in [0.05, 0.1) is 0 Å². The second-order valence-electron chi connectivity index (χ2n) is 10.7. The van der Waals surface area contributed by atoms with Crippen molar-refractivity contribution in [3.8, 4) is 0 Å². The van der Waals surface area contributed by atoms with Gasteiger partial charge in [-0.3, -0.25) is 4.90 Å². The summed E-state index contributed by atoms with van der Waals surface area (Å²) in [6.45, 7) is 24.1. The second kappa shape index (κ2) is 8.19. The largest absolute Gasteiger partial charge is 0.444 e. The minimum atomic E-state index is -1.72. The van der Waals surface area contributed by atoms with E-state index < -0.39 is 13.9 Å². The Kier molecular flexibility index (Phi) is 7.39. The lowest BCUT2D eigenvalue weighted by molar-refractivity contribution is 0.0271. The quantitative estimate of drug-likeness (QED) is 0.691. The van der Waals surface area contributed by atoms with Crippen LogP contribution in [-0.2, 0) is 9.16 Å². The van der Waals surface area contributed by atoms with Crippen LogP contribution < -0.4 is 5.32 Å². The van der Waals surface area contributed by atoms with E-state index in [1.54, 1.807) is 0 Å². The smallest absolute Gasteiger partial charge is 0.407 e. The van der Waals surface area contributed by atoms with Gasteiger partial charge in [0.15, 0.2) is 8.32 Å². The highest BCUT2D eigenvalue weighted by atomic mass is 28.4. The average Bonchev–Trinajstić information content (AvgIpc) is 2.38. The minimum absolute atomic E-state index is 0.128. The van der Waals surface area contributed by atoms with Gasteiger partial charge in [0, 0.05) is 31.3 Å². The van der Waals surface area contributed by atoms with Crippen molar-refractivity contribution in [1.29, 1.82) is 0 Å². The van der Waals surface area contributed by atoms with E-state index in [0.717, 1.165) is 32.5 Å². The van der Waals surface area contributed by atoms with E-state index in [-0.39, 0.29) is 22.7 Å². The molecule has 5 nitrogen and oxygen atoms in total. The topological polar surface area (TPSA) is 50.8 Å². The zero-order valence-electron chi connectivity index (χ0n) is 18.8. The van der Waals surface area contributed by atoms with E-state index in [1.165, 1.54) is 0 Å². The summed E-state index contributed by atoms with van der Waals surface area (Å²) in [4.78, 5) is 14.5. The lowest BCUT2D eigenvalue weighted by Crippen LogP contribution is -2.57. The first-order chi connectivity index (χ1) is 11.5. The maximum atomic E-state index is 12.1. The Morgan fingerprint density at radius 1 is 1.19 bits per heavy atom. The highest BCUT2D eigenvalue weighted by Gasteiger charge is 2.38. The van der Waals surface area contributed by atoms with E-state index in [4.69, 9.17) is 9.16 Å². The third-order valence-corrected chi connectivity index (χ3v) is 10.3. The van der Waals surface area contributed by atoms with Crippen LogP contribution in [0.2, 0.25) is 18.1 Å². The maximum absolute atomic E-state index is 12.1. The number of nitrogens with one attached hydrogen (secondary N) is 1. The number of piperidine rings is 1. The summed E-state index contributed by atoms with van der Waals surface area (Å²) in [6, 6.07) is 0.130. The number of amides is 1. The van der Waals surface area contributed by atoms with Crippen molar-refractivity contribution in [2.75, 3.05) is 19.7 Å². The standard InChI is InChI=1S/C20H42N2O3Si/c1-18(2,3)25-17(23)21-16-11-12-20(7,8)22(15-16)13-14-24-26(9,10)19(4,5)6/h16H,11-15H2,1-10H3,(H,21,23). The molecular formula is C20H42N2O3Si. The van der Waals surface area contributed by atoms with E-state index in [9.17, 15) is 4.79 Å². The SMILES string of the molecule is CC(C)(C)OC(=O)NC1CCC(C)(C)N(CCO[Si](C)(C)C(C)(C)C)C1. The summed E-state index contributed by atoms with van der Waals surface area (Å²) in [6.07, 6.45) is 1.71. The first kappa shape index (κ1) is 23.4. The molecule has 1 aliphatic heterocycles. The molecule has 0 aromatic rings. The number of hydrogen-bond acceptors (Lipinski definition) is 4. The molecule has 0 aromatic heterocycles. The molecule has 6 heteroatoms. The minimum Gasteiger partial charge on any atom is -0.444 e. The van der Waals surface area contributed by atoms with Gasteiger partial charge in [0.1, 0.15) is 5.60 Å². The number of alkyl carbamates (subject to hydrolysis) is 1. The van der Waals surface area contributed by atoms with Crippen molar-refractivity contribution in [2.45, 2.75) is 104 Å².